The van der Waals surface area contributed by atoms with Crippen molar-refractivity contribution in [2.75, 3.05) is 13.1 Å². The van der Waals surface area contributed by atoms with Crippen molar-refractivity contribution in [2.45, 2.75) is 25.6 Å². The van der Waals surface area contributed by atoms with Crippen LogP contribution in [0.25, 0.3) is 4.85 Å². The Morgan fingerprint density at radius 3 is 3.16 bits per heavy atom. The summed E-state index contributed by atoms with van der Waals surface area (Å²) in [5.74, 6) is 0.0316. The number of hydrogen-bond acceptors (Lipinski definition) is 2. The Labute approximate surface area is 127 Å². The van der Waals surface area contributed by atoms with Crippen molar-refractivity contribution in [1.29, 1.82) is 0 Å². The molecule has 1 heterocycles. The maximum atomic E-state index is 12.0. The topological polar surface area (TPSA) is 36.7 Å². The van der Waals surface area contributed by atoms with Crippen molar-refractivity contribution in [2.24, 2.45) is 0 Å². The van der Waals surface area contributed by atoms with Crippen LogP contribution < -0.4 is 5.32 Å². The fourth-order valence-electron chi connectivity index (χ4n) is 2.24. The number of halogens is 1. The van der Waals surface area contributed by atoms with Crippen LogP contribution >= 0.6 is 22.6 Å². The van der Waals surface area contributed by atoms with Crippen LogP contribution in [0, 0.1) is 10.1 Å². The van der Waals surface area contributed by atoms with Gasteiger partial charge in [0.15, 0.2) is 0 Å². The Morgan fingerprint density at radius 1 is 1.58 bits per heavy atom. The van der Waals surface area contributed by atoms with E-state index in [4.69, 9.17) is 6.57 Å². The second-order valence-corrected chi connectivity index (χ2v) is 5.82. The van der Waals surface area contributed by atoms with E-state index in [9.17, 15) is 4.79 Å². The largest absolute Gasteiger partial charge is 0.304 e. The summed E-state index contributed by atoms with van der Waals surface area (Å²) in [6, 6.07) is 8.18. The van der Waals surface area contributed by atoms with Gasteiger partial charge in [0.2, 0.25) is 5.91 Å². The Kier molecular flexibility index (Phi) is 5.16. The van der Waals surface area contributed by atoms with E-state index in [2.05, 4.69) is 38.8 Å². The maximum absolute atomic E-state index is 12.0. The molecule has 0 aliphatic carbocycles. The van der Waals surface area contributed by atoms with E-state index in [1.165, 1.54) is 9.13 Å². The molecule has 2 rings (SSSR count). The fourth-order valence-corrected chi connectivity index (χ4v) is 2.84. The minimum atomic E-state index is -0.244. The van der Waals surface area contributed by atoms with Gasteiger partial charge >= 0.3 is 6.17 Å². The van der Waals surface area contributed by atoms with E-state index in [-0.39, 0.29) is 12.1 Å². The molecule has 19 heavy (non-hydrogen) atoms. The van der Waals surface area contributed by atoms with Crippen LogP contribution in [-0.4, -0.2) is 30.1 Å². The molecule has 100 valence electrons. The molecule has 1 atom stereocenters. The van der Waals surface area contributed by atoms with Gasteiger partial charge in [0, 0.05) is 23.1 Å². The summed E-state index contributed by atoms with van der Waals surface area (Å²) >= 11 is 2.27. The number of likely N-dealkylation sites (tertiary alicyclic amines) is 1. The van der Waals surface area contributed by atoms with Gasteiger partial charge in [-0.2, -0.15) is 0 Å². The lowest BCUT2D eigenvalue weighted by atomic mass is 10.2. The van der Waals surface area contributed by atoms with Gasteiger partial charge in [0.1, 0.15) is 0 Å². The quantitative estimate of drug-likeness (QED) is 0.653. The monoisotopic (exact) mass is 369 g/mol. The van der Waals surface area contributed by atoms with E-state index >= 15 is 0 Å². The summed E-state index contributed by atoms with van der Waals surface area (Å²) in [4.78, 5) is 17.2. The minimum Gasteiger partial charge on any atom is -0.304 e. The lowest BCUT2D eigenvalue weighted by Gasteiger charge is -2.16. The molecule has 4 nitrogen and oxygen atoms in total. The molecular weight excluding hydrogens is 353 g/mol. The van der Waals surface area contributed by atoms with Crippen LogP contribution in [0.5, 0.6) is 0 Å². The Balaban J connectivity index is 1.80. The second kappa shape index (κ2) is 6.87. The molecule has 1 saturated heterocycles. The number of nitrogens with zero attached hydrogens (tertiary/aromatic N) is 2. The van der Waals surface area contributed by atoms with Crippen molar-refractivity contribution >= 4 is 28.5 Å². The molecule has 1 aliphatic rings. The molecule has 0 aromatic heterocycles. The Bertz CT molecular complexity index is 498. The number of rotatable bonds is 4. The van der Waals surface area contributed by atoms with Crippen molar-refractivity contribution in [3.8, 4) is 0 Å². The van der Waals surface area contributed by atoms with Gasteiger partial charge in [-0.25, -0.2) is 6.57 Å². The number of benzene rings is 1. The van der Waals surface area contributed by atoms with Gasteiger partial charge in [-0.1, -0.05) is 12.1 Å². The van der Waals surface area contributed by atoms with Gasteiger partial charge in [0.05, 0.1) is 6.54 Å². The Morgan fingerprint density at radius 2 is 2.42 bits per heavy atom. The number of hydrogen-bond donors (Lipinski definition) is 1. The lowest BCUT2D eigenvalue weighted by molar-refractivity contribution is -0.130. The predicted molar refractivity (Wildman–Crippen MR) is 82.2 cm³/mol. The standard InChI is InChI=1S/C14H16IN3O/c1-16-13-6-3-7-18(13)14(19)10-17-9-11-4-2-5-12(15)8-11/h2,4-5,8,13,17H,3,6-7,9-10H2/t13-/m0/s1. The van der Waals surface area contributed by atoms with Crippen LogP contribution in [-0.2, 0) is 11.3 Å². The van der Waals surface area contributed by atoms with Gasteiger partial charge < -0.3 is 5.32 Å². The molecule has 0 unspecified atom stereocenters. The number of amides is 1. The molecule has 1 aliphatic heterocycles. The highest BCUT2D eigenvalue weighted by Crippen LogP contribution is 2.17. The highest BCUT2D eigenvalue weighted by Gasteiger charge is 2.32. The summed E-state index contributed by atoms with van der Waals surface area (Å²) in [7, 11) is 0. The van der Waals surface area contributed by atoms with E-state index in [0.29, 0.717) is 13.1 Å². The summed E-state index contributed by atoms with van der Waals surface area (Å²) in [5, 5.41) is 3.15. The second-order valence-electron chi connectivity index (χ2n) is 4.57. The van der Waals surface area contributed by atoms with Crippen molar-refractivity contribution in [3.63, 3.8) is 0 Å². The summed E-state index contributed by atoms with van der Waals surface area (Å²) in [6.45, 7) is 8.77. The first-order chi connectivity index (χ1) is 9.20. The van der Waals surface area contributed by atoms with E-state index in [1.807, 2.05) is 18.2 Å². The SMILES string of the molecule is [C-]#[N+][C@@H]1CCCN1C(=O)CNCc1cccc(I)c1. The first-order valence-electron chi connectivity index (χ1n) is 6.32. The van der Waals surface area contributed by atoms with Crippen LogP contribution in [0.1, 0.15) is 18.4 Å². The normalized spacial score (nSPS) is 18.3. The molecule has 5 heteroatoms. The molecule has 1 N–H and O–H groups in total. The number of carbonyl (C=O) groups is 1. The van der Waals surface area contributed by atoms with Crippen molar-refractivity contribution < 1.29 is 4.79 Å². The highest BCUT2D eigenvalue weighted by atomic mass is 127. The zero-order chi connectivity index (χ0) is 13.7. The van der Waals surface area contributed by atoms with Crippen LogP contribution in [0.4, 0.5) is 0 Å². The van der Waals surface area contributed by atoms with E-state index in [0.717, 1.165) is 19.4 Å². The maximum Gasteiger partial charge on any atom is 0.300 e. The third-order valence-corrected chi connectivity index (χ3v) is 3.86. The summed E-state index contributed by atoms with van der Waals surface area (Å²) in [5.41, 5.74) is 1.17. The molecule has 0 saturated carbocycles. The van der Waals surface area contributed by atoms with Crippen molar-refractivity contribution in [1.82, 2.24) is 10.2 Å². The average Bonchev–Trinajstić information content (AvgIpc) is 2.87. The zero-order valence-corrected chi connectivity index (χ0v) is 12.8. The van der Waals surface area contributed by atoms with Crippen LogP contribution in [0.2, 0.25) is 0 Å². The highest BCUT2D eigenvalue weighted by molar-refractivity contribution is 14.1. The fraction of sp³-hybridized carbons (Fsp3) is 0.429. The smallest absolute Gasteiger partial charge is 0.300 e. The summed E-state index contributed by atoms with van der Waals surface area (Å²) in [6.07, 6.45) is 1.51. The third-order valence-electron chi connectivity index (χ3n) is 3.18. The van der Waals surface area contributed by atoms with Gasteiger partial charge in [-0.05, 0) is 46.7 Å². The zero-order valence-electron chi connectivity index (χ0n) is 10.6. The Hall–Kier alpha value is -1.13. The predicted octanol–water partition coefficient (Wildman–Crippen LogP) is 2.25. The first kappa shape index (κ1) is 14.3. The molecule has 1 aromatic carbocycles. The van der Waals surface area contributed by atoms with Gasteiger partial charge in [0.25, 0.3) is 0 Å². The molecule has 1 amide bonds. The minimum absolute atomic E-state index is 0.0316. The van der Waals surface area contributed by atoms with Crippen molar-refractivity contribution in [3.05, 3.63) is 44.8 Å². The number of nitrogens with one attached hydrogen (secondary N) is 1. The molecule has 0 bridgehead atoms. The van der Waals surface area contributed by atoms with E-state index in [1.54, 1.807) is 4.90 Å². The molecular formula is C14H16IN3O. The molecule has 0 radical (unpaired) electrons. The van der Waals surface area contributed by atoms with Gasteiger partial charge in [-0.15, -0.1) is 0 Å². The molecule has 0 spiro atoms. The number of carbonyl (C=O) groups excluding carboxylic acids is 1. The van der Waals surface area contributed by atoms with E-state index < -0.39 is 0 Å². The molecule has 1 fully saturated rings. The average molecular weight is 369 g/mol. The lowest BCUT2D eigenvalue weighted by Crippen LogP contribution is -2.39. The molecule has 1 aromatic rings. The van der Waals surface area contributed by atoms with Crippen LogP contribution in [0.3, 0.4) is 0 Å². The van der Waals surface area contributed by atoms with Crippen LogP contribution in [0.15, 0.2) is 24.3 Å². The third kappa shape index (κ3) is 3.91. The summed E-state index contributed by atoms with van der Waals surface area (Å²) < 4.78 is 1.19. The first-order valence-corrected chi connectivity index (χ1v) is 7.40. The van der Waals surface area contributed by atoms with Gasteiger partial charge in [-0.3, -0.25) is 14.5 Å².